The number of unbranched alkanes of at least 4 members (excludes halogenated alkanes) is 31. The maximum Gasteiger partial charge on any atom is 0.472 e. The topological polar surface area (TPSA) is 117 Å². The normalized spacial score (nSPS) is 13.5. The molecule has 0 aliphatic heterocycles. The Morgan fingerprint density at radius 2 is 0.914 bits per heavy atom. The zero-order chi connectivity index (χ0) is 42.3. The Kier molecular flexibility index (Phi) is 46.2. The fraction of sp³-hybridized carbons (Fsp3) is 0.898. The summed E-state index contributed by atoms with van der Waals surface area (Å²) in [6.45, 7) is 4.96. The van der Waals surface area contributed by atoms with Crippen LogP contribution in [0.2, 0.25) is 0 Å². The molecular weight excluding hydrogens is 746 g/mol. The van der Waals surface area contributed by atoms with Gasteiger partial charge in [-0.3, -0.25) is 13.8 Å². The van der Waals surface area contributed by atoms with Gasteiger partial charge in [0.25, 0.3) is 0 Å². The zero-order valence-corrected chi connectivity index (χ0v) is 39.2. The lowest BCUT2D eigenvalue weighted by molar-refractivity contribution is -0.154. The first-order chi connectivity index (χ1) is 28.4. The van der Waals surface area contributed by atoms with Crippen LogP contribution in [0.15, 0.2) is 24.3 Å². The van der Waals surface area contributed by atoms with Crippen LogP contribution in [0.3, 0.4) is 0 Å². The van der Waals surface area contributed by atoms with E-state index in [1.54, 1.807) is 0 Å². The summed E-state index contributed by atoms with van der Waals surface area (Å²) in [5.41, 5.74) is 5.38. The van der Waals surface area contributed by atoms with Crippen molar-refractivity contribution >= 4 is 13.8 Å². The molecule has 0 radical (unpaired) electrons. The maximum atomic E-state index is 12.6. The predicted octanol–water partition coefficient (Wildman–Crippen LogP) is 15.2. The second-order valence-electron chi connectivity index (χ2n) is 16.7. The molecule has 344 valence electrons. The second kappa shape index (κ2) is 47.0. The van der Waals surface area contributed by atoms with E-state index < -0.39 is 13.9 Å². The molecule has 0 aliphatic carbocycles. The number of allylic oxidation sites excluding steroid dienone is 4. The quantitative estimate of drug-likeness (QED) is 0.0269. The van der Waals surface area contributed by atoms with E-state index in [1.807, 2.05) is 0 Å². The van der Waals surface area contributed by atoms with Crippen molar-refractivity contribution < 1.29 is 32.8 Å². The average molecular weight is 842 g/mol. The number of phosphoric ester groups is 1. The van der Waals surface area contributed by atoms with Crippen molar-refractivity contribution in [3.05, 3.63) is 24.3 Å². The molecule has 0 aliphatic rings. The molecule has 9 heteroatoms. The summed E-state index contributed by atoms with van der Waals surface area (Å²) < 4.78 is 33.6. The molecule has 0 bridgehead atoms. The van der Waals surface area contributed by atoms with E-state index in [2.05, 4.69) is 38.2 Å². The molecule has 0 heterocycles. The van der Waals surface area contributed by atoms with Crippen molar-refractivity contribution in [3.8, 4) is 0 Å². The lowest BCUT2D eigenvalue weighted by Crippen LogP contribution is -2.28. The molecule has 0 saturated carbocycles. The van der Waals surface area contributed by atoms with Gasteiger partial charge in [0.15, 0.2) is 0 Å². The minimum Gasteiger partial charge on any atom is -0.457 e. The van der Waals surface area contributed by atoms with E-state index in [0.717, 1.165) is 38.5 Å². The van der Waals surface area contributed by atoms with Crippen molar-refractivity contribution in [1.29, 1.82) is 0 Å². The van der Waals surface area contributed by atoms with Crippen LogP contribution in [0.1, 0.15) is 245 Å². The van der Waals surface area contributed by atoms with Crippen molar-refractivity contribution in [2.45, 2.75) is 251 Å². The molecule has 0 amide bonds. The van der Waals surface area contributed by atoms with Gasteiger partial charge in [-0.2, -0.15) is 0 Å². The predicted molar refractivity (Wildman–Crippen MR) is 247 cm³/mol. The van der Waals surface area contributed by atoms with E-state index in [1.165, 1.54) is 186 Å². The SMILES string of the molecule is CCCCCCC/C=C\C/C=C\CCCCCCCCCCCCOCC(COP(=O)(O)OCCN)OC(=O)CCCCCCCCCCCCCCCCCCC. The Morgan fingerprint density at radius 1 is 0.517 bits per heavy atom. The minimum atomic E-state index is -4.28. The molecule has 0 fully saturated rings. The lowest BCUT2D eigenvalue weighted by Gasteiger charge is -2.20. The van der Waals surface area contributed by atoms with Crippen LogP contribution < -0.4 is 5.73 Å². The number of hydrogen-bond donors (Lipinski definition) is 2. The van der Waals surface area contributed by atoms with Gasteiger partial charge in [-0.25, -0.2) is 4.57 Å². The highest BCUT2D eigenvalue weighted by atomic mass is 31.2. The number of ether oxygens (including phenoxy) is 2. The number of esters is 1. The first-order valence-corrected chi connectivity index (χ1v) is 26.3. The first kappa shape index (κ1) is 57.0. The molecule has 58 heavy (non-hydrogen) atoms. The summed E-state index contributed by atoms with van der Waals surface area (Å²) in [7, 11) is -4.28. The summed E-state index contributed by atoms with van der Waals surface area (Å²) in [5, 5.41) is 0. The number of rotatable bonds is 48. The number of carbonyl (C=O) groups excluding carboxylic acids is 1. The molecule has 0 saturated heterocycles. The Morgan fingerprint density at radius 3 is 1.34 bits per heavy atom. The van der Waals surface area contributed by atoms with Gasteiger partial charge in [0, 0.05) is 19.6 Å². The Bertz CT molecular complexity index is 946. The molecule has 8 nitrogen and oxygen atoms in total. The van der Waals surface area contributed by atoms with Crippen LogP contribution in [-0.2, 0) is 27.9 Å². The molecule has 0 aromatic heterocycles. The van der Waals surface area contributed by atoms with Crippen molar-refractivity contribution in [1.82, 2.24) is 0 Å². The van der Waals surface area contributed by atoms with Crippen LogP contribution in [-0.4, -0.2) is 49.9 Å². The van der Waals surface area contributed by atoms with Gasteiger partial charge >= 0.3 is 13.8 Å². The van der Waals surface area contributed by atoms with E-state index in [0.29, 0.717) is 13.0 Å². The summed E-state index contributed by atoms with van der Waals surface area (Å²) in [6, 6.07) is 0. The maximum absolute atomic E-state index is 12.6. The standard InChI is InChI=1S/C49H96NO7P/c1-3-5-7-9-11-13-15-17-19-21-22-23-24-25-27-29-31-33-35-37-39-41-44-54-46-48(47-56-58(52,53)55-45-43-50)57-49(51)42-40-38-36-34-32-30-28-26-20-18-16-14-12-10-8-6-4-2/h15,17,21-22,48H,3-14,16,18-20,23-47,50H2,1-2H3,(H,52,53)/b17-15-,22-21-. The number of carbonyl (C=O) groups is 1. The number of nitrogens with two attached hydrogens (primary N) is 1. The monoisotopic (exact) mass is 842 g/mol. The van der Waals surface area contributed by atoms with Gasteiger partial charge in [0.1, 0.15) is 6.10 Å². The molecule has 0 aromatic carbocycles. The molecule has 0 rings (SSSR count). The highest BCUT2D eigenvalue weighted by Gasteiger charge is 2.25. The van der Waals surface area contributed by atoms with E-state index in [4.69, 9.17) is 24.3 Å². The minimum absolute atomic E-state index is 0.0936. The average Bonchev–Trinajstić information content (AvgIpc) is 3.21. The largest absolute Gasteiger partial charge is 0.472 e. The molecule has 0 aromatic rings. The van der Waals surface area contributed by atoms with Gasteiger partial charge < -0.3 is 20.1 Å². The van der Waals surface area contributed by atoms with Crippen molar-refractivity contribution in [3.63, 3.8) is 0 Å². The lowest BCUT2D eigenvalue weighted by atomic mass is 10.0. The van der Waals surface area contributed by atoms with Gasteiger partial charge in [-0.05, 0) is 44.9 Å². The van der Waals surface area contributed by atoms with Gasteiger partial charge in [-0.15, -0.1) is 0 Å². The fourth-order valence-corrected chi connectivity index (χ4v) is 7.97. The third kappa shape index (κ3) is 46.1. The van der Waals surface area contributed by atoms with Crippen LogP contribution in [0.5, 0.6) is 0 Å². The number of hydrogen-bond acceptors (Lipinski definition) is 7. The summed E-state index contributed by atoms with van der Waals surface area (Å²) >= 11 is 0. The van der Waals surface area contributed by atoms with Crippen molar-refractivity contribution in [2.75, 3.05) is 33.0 Å². The number of phosphoric acid groups is 1. The molecule has 3 N–H and O–H groups in total. The van der Waals surface area contributed by atoms with Crippen molar-refractivity contribution in [2.24, 2.45) is 5.73 Å². The van der Waals surface area contributed by atoms with Crippen LogP contribution in [0.25, 0.3) is 0 Å². The van der Waals surface area contributed by atoms with E-state index >= 15 is 0 Å². The van der Waals surface area contributed by atoms with Crippen LogP contribution >= 0.6 is 7.82 Å². The van der Waals surface area contributed by atoms with E-state index in [-0.39, 0.29) is 32.3 Å². The molecule has 0 spiro atoms. The Labute approximate surface area is 359 Å². The van der Waals surface area contributed by atoms with Crippen LogP contribution in [0.4, 0.5) is 0 Å². The van der Waals surface area contributed by atoms with Gasteiger partial charge in [0.2, 0.25) is 0 Å². The molecular formula is C49H96NO7P. The highest BCUT2D eigenvalue weighted by molar-refractivity contribution is 7.47. The smallest absolute Gasteiger partial charge is 0.457 e. The highest BCUT2D eigenvalue weighted by Crippen LogP contribution is 2.43. The van der Waals surface area contributed by atoms with Gasteiger partial charge in [0.05, 0.1) is 19.8 Å². The second-order valence-corrected chi connectivity index (χ2v) is 18.1. The third-order valence-corrected chi connectivity index (χ3v) is 11.9. The Balaban J connectivity index is 3.93. The summed E-state index contributed by atoms with van der Waals surface area (Å²) in [6.07, 6.45) is 53.5. The van der Waals surface area contributed by atoms with E-state index in [9.17, 15) is 14.3 Å². The zero-order valence-electron chi connectivity index (χ0n) is 38.3. The van der Waals surface area contributed by atoms with Crippen LogP contribution in [0, 0.1) is 0 Å². The van der Waals surface area contributed by atoms with Gasteiger partial charge in [-0.1, -0.05) is 218 Å². The summed E-state index contributed by atoms with van der Waals surface area (Å²) in [5.74, 6) is -0.326. The Hall–Kier alpha value is -1.02. The third-order valence-electron chi connectivity index (χ3n) is 10.9. The molecule has 2 atom stereocenters. The fourth-order valence-electron chi connectivity index (χ4n) is 7.21. The molecule has 2 unspecified atom stereocenters. The summed E-state index contributed by atoms with van der Waals surface area (Å²) in [4.78, 5) is 22.6. The first-order valence-electron chi connectivity index (χ1n) is 24.8.